The molecule has 1 aliphatic carbocycles. The highest BCUT2D eigenvalue weighted by atomic mass is 16.6. The molecule has 0 amide bonds. The maximum Gasteiger partial charge on any atom is 0.165 e. The Bertz CT molecular complexity index is 751. The number of rotatable bonds is 4. The van der Waals surface area contributed by atoms with Gasteiger partial charge >= 0.3 is 0 Å². The average Bonchev–Trinajstić information content (AvgIpc) is 3.10. The van der Waals surface area contributed by atoms with Crippen LogP contribution in [-0.2, 0) is 6.54 Å². The van der Waals surface area contributed by atoms with Crippen LogP contribution in [0.4, 0.5) is 0 Å². The molecular weight excluding hydrogens is 304 g/mol. The summed E-state index contributed by atoms with van der Waals surface area (Å²) in [5, 5.41) is 0. The topological polar surface area (TPSA) is 45.5 Å². The molecular formula is C19H22N2O3. The minimum atomic E-state index is 0.494. The zero-order chi connectivity index (χ0) is 16.4. The molecule has 0 saturated heterocycles. The number of allylic oxidation sites excluding steroid dienone is 2. The summed E-state index contributed by atoms with van der Waals surface area (Å²) in [4.78, 5) is 4.61. The molecule has 1 aromatic heterocycles. The molecule has 5 nitrogen and oxygen atoms in total. The van der Waals surface area contributed by atoms with E-state index in [1.54, 1.807) is 7.11 Å². The first kappa shape index (κ1) is 15.1. The summed E-state index contributed by atoms with van der Waals surface area (Å²) >= 11 is 0. The smallest absolute Gasteiger partial charge is 0.165 e. The van der Waals surface area contributed by atoms with Gasteiger partial charge in [-0.25, -0.2) is 4.98 Å². The van der Waals surface area contributed by atoms with Crippen LogP contribution in [0.5, 0.6) is 17.2 Å². The summed E-state index contributed by atoms with van der Waals surface area (Å²) in [5.74, 6) is 4.01. The Balaban J connectivity index is 1.64. The van der Waals surface area contributed by atoms with E-state index >= 15 is 0 Å². The van der Waals surface area contributed by atoms with E-state index in [-0.39, 0.29) is 0 Å². The van der Waals surface area contributed by atoms with Gasteiger partial charge in [0.15, 0.2) is 11.5 Å². The maximum atomic E-state index is 5.71. The number of imidazole rings is 1. The van der Waals surface area contributed by atoms with Crippen molar-refractivity contribution in [2.45, 2.75) is 31.7 Å². The van der Waals surface area contributed by atoms with Crippen molar-refractivity contribution >= 4 is 0 Å². The monoisotopic (exact) mass is 326 g/mol. The summed E-state index contributed by atoms with van der Waals surface area (Å²) in [7, 11) is 1.69. The van der Waals surface area contributed by atoms with Crippen molar-refractivity contribution in [2.75, 3.05) is 20.3 Å². The maximum absolute atomic E-state index is 5.71. The van der Waals surface area contributed by atoms with E-state index in [4.69, 9.17) is 14.2 Å². The highest BCUT2D eigenvalue weighted by Crippen LogP contribution is 2.37. The van der Waals surface area contributed by atoms with Crippen LogP contribution in [0, 0.1) is 0 Å². The van der Waals surface area contributed by atoms with E-state index in [2.05, 4.69) is 21.7 Å². The lowest BCUT2D eigenvalue weighted by molar-refractivity contribution is 0.170. The van der Waals surface area contributed by atoms with Crippen LogP contribution in [0.1, 0.15) is 36.6 Å². The Morgan fingerprint density at radius 3 is 2.79 bits per heavy atom. The second-order valence-electron chi connectivity index (χ2n) is 6.20. The molecule has 0 radical (unpaired) electrons. The third kappa shape index (κ3) is 2.86. The largest absolute Gasteiger partial charge is 0.496 e. The molecule has 24 heavy (non-hydrogen) atoms. The van der Waals surface area contributed by atoms with Gasteiger partial charge in [-0.1, -0.05) is 12.2 Å². The predicted molar refractivity (Wildman–Crippen MR) is 91.0 cm³/mol. The molecule has 1 aromatic carbocycles. The molecule has 0 fully saturated rings. The molecule has 0 spiro atoms. The quantitative estimate of drug-likeness (QED) is 0.806. The minimum absolute atomic E-state index is 0.494. The Morgan fingerprint density at radius 2 is 2.04 bits per heavy atom. The van der Waals surface area contributed by atoms with Crippen LogP contribution in [0.25, 0.3) is 0 Å². The van der Waals surface area contributed by atoms with E-state index < -0.39 is 0 Å². The number of fused-ring (bicyclic) bond motifs is 1. The van der Waals surface area contributed by atoms with Crippen LogP contribution in [0.3, 0.4) is 0 Å². The van der Waals surface area contributed by atoms with Gasteiger partial charge in [-0.15, -0.1) is 0 Å². The van der Waals surface area contributed by atoms with Crippen LogP contribution < -0.4 is 14.2 Å². The first-order chi connectivity index (χ1) is 11.8. The second kappa shape index (κ2) is 6.59. The molecule has 0 unspecified atom stereocenters. The van der Waals surface area contributed by atoms with E-state index in [9.17, 15) is 0 Å². The summed E-state index contributed by atoms with van der Waals surface area (Å²) in [5.41, 5.74) is 1.08. The van der Waals surface area contributed by atoms with Gasteiger partial charge in [0.2, 0.25) is 0 Å². The number of nitrogens with zero attached hydrogens (tertiary/aromatic N) is 2. The normalized spacial score (nSPS) is 19.3. The van der Waals surface area contributed by atoms with Gasteiger partial charge in [0.05, 0.1) is 13.7 Å². The zero-order valence-electron chi connectivity index (χ0n) is 13.9. The molecule has 0 bridgehead atoms. The Kier molecular flexibility index (Phi) is 4.15. The lowest BCUT2D eigenvalue weighted by atomic mass is 9.93. The molecule has 4 rings (SSSR count). The SMILES string of the molecule is COc1cc2c(cc1Cn1ccnc1[C@@H]1CC=CCC1)OCCO2. The van der Waals surface area contributed by atoms with Gasteiger partial charge in [-0.3, -0.25) is 0 Å². The van der Waals surface area contributed by atoms with Crippen LogP contribution in [0.15, 0.2) is 36.7 Å². The van der Waals surface area contributed by atoms with Crippen molar-refractivity contribution in [2.24, 2.45) is 0 Å². The fraction of sp³-hybridized carbons (Fsp3) is 0.421. The van der Waals surface area contributed by atoms with Crippen molar-refractivity contribution in [3.05, 3.63) is 48.1 Å². The Labute approximate surface area is 141 Å². The van der Waals surface area contributed by atoms with E-state index in [0.717, 1.165) is 54.4 Å². The van der Waals surface area contributed by atoms with Crippen molar-refractivity contribution in [1.82, 2.24) is 9.55 Å². The number of ether oxygens (including phenoxy) is 3. The minimum Gasteiger partial charge on any atom is -0.496 e. The highest BCUT2D eigenvalue weighted by Gasteiger charge is 2.20. The van der Waals surface area contributed by atoms with Gasteiger partial charge in [0.25, 0.3) is 0 Å². The predicted octanol–water partition coefficient (Wildman–Crippen LogP) is 3.53. The Morgan fingerprint density at radius 1 is 1.21 bits per heavy atom. The number of hydrogen-bond acceptors (Lipinski definition) is 4. The Hall–Kier alpha value is -2.43. The summed E-state index contributed by atoms with van der Waals surface area (Å²) in [6, 6.07) is 3.95. The third-order valence-electron chi connectivity index (χ3n) is 4.67. The van der Waals surface area contributed by atoms with Gasteiger partial charge in [0.1, 0.15) is 24.8 Å². The summed E-state index contributed by atoms with van der Waals surface area (Å²) in [6.07, 6.45) is 11.8. The lowest BCUT2D eigenvalue weighted by Crippen LogP contribution is -2.16. The van der Waals surface area contributed by atoms with Gasteiger partial charge in [-0.2, -0.15) is 0 Å². The fourth-order valence-electron chi connectivity index (χ4n) is 3.45. The van der Waals surface area contributed by atoms with Gasteiger partial charge in [-0.05, 0) is 25.3 Å². The first-order valence-electron chi connectivity index (χ1n) is 8.47. The van der Waals surface area contributed by atoms with Crippen molar-refractivity contribution < 1.29 is 14.2 Å². The second-order valence-corrected chi connectivity index (χ2v) is 6.20. The molecule has 5 heteroatoms. The number of methoxy groups -OCH3 is 1. The number of aromatic nitrogens is 2. The average molecular weight is 326 g/mol. The molecule has 2 aliphatic rings. The van der Waals surface area contributed by atoms with E-state index in [1.165, 1.54) is 0 Å². The third-order valence-corrected chi connectivity index (χ3v) is 4.67. The van der Waals surface area contributed by atoms with Crippen LogP contribution in [-0.4, -0.2) is 29.9 Å². The fourth-order valence-corrected chi connectivity index (χ4v) is 3.45. The first-order valence-corrected chi connectivity index (χ1v) is 8.47. The van der Waals surface area contributed by atoms with Crippen LogP contribution >= 0.6 is 0 Å². The lowest BCUT2D eigenvalue weighted by Gasteiger charge is -2.22. The molecule has 2 aromatic rings. The molecule has 2 heterocycles. The van der Waals surface area contributed by atoms with E-state index in [1.807, 2.05) is 24.5 Å². The molecule has 0 N–H and O–H groups in total. The van der Waals surface area contributed by atoms with Gasteiger partial charge < -0.3 is 18.8 Å². The molecule has 0 saturated carbocycles. The van der Waals surface area contributed by atoms with Crippen molar-refractivity contribution in [3.63, 3.8) is 0 Å². The molecule has 126 valence electrons. The van der Waals surface area contributed by atoms with Crippen LogP contribution in [0.2, 0.25) is 0 Å². The summed E-state index contributed by atoms with van der Waals surface area (Å²) in [6.45, 7) is 1.88. The number of hydrogen-bond donors (Lipinski definition) is 0. The summed E-state index contributed by atoms with van der Waals surface area (Å²) < 4.78 is 19.1. The van der Waals surface area contributed by atoms with Crippen molar-refractivity contribution in [1.29, 1.82) is 0 Å². The molecule has 1 atom stereocenters. The van der Waals surface area contributed by atoms with Crippen molar-refractivity contribution in [3.8, 4) is 17.2 Å². The highest BCUT2D eigenvalue weighted by molar-refractivity contribution is 5.51. The van der Waals surface area contributed by atoms with Gasteiger partial charge in [0, 0.05) is 29.9 Å². The molecule has 1 aliphatic heterocycles. The number of benzene rings is 1. The standard InChI is InChI=1S/C19H22N2O3/c1-22-16-12-18-17(23-9-10-24-18)11-15(16)13-21-8-7-20-19(21)14-5-3-2-4-6-14/h2-3,7-8,11-12,14H,4-6,9-10,13H2,1H3/t14-/m1/s1. The zero-order valence-corrected chi connectivity index (χ0v) is 13.9. The van der Waals surface area contributed by atoms with E-state index in [0.29, 0.717) is 19.1 Å².